The van der Waals surface area contributed by atoms with E-state index in [-0.39, 0.29) is 23.8 Å². The quantitative estimate of drug-likeness (QED) is 0.789. The van der Waals surface area contributed by atoms with Gasteiger partial charge in [0, 0.05) is 11.4 Å². The van der Waals surface area contributed by atoms with Crippen molar-refractivity contribution in [1.82, 2.24) is 15.6 Å². The van der Waals surface area contributed by atoms with Crippen molar-refractivity contribution in [3.8, 4) is 0 Å². The van der Waals surface area contributed by atoms with Crippen molar-refractivity contribution in [2.75, 3.05) is 0 Å². The molecule has 1 heterocycles. The lowest BCUT2D eigenvalue weighted by Gasteiger charge is -2.16. The Morgan fingerprint density at radius 1 is 1.47 bits per heavy atom. The summed E-state index contributed by atoms with van der Waals surface area (Å²) in [5.74, 6) is -1.05. The van der Waals surface area contributed by atoms with E-state index < -0.39 is 5.97 Å². The lowest BCUT2D eigenvalue weighted by atomic mass is 10.2. The molecule has 0 bridgehead atoms. The summed E-state index contributed by atoms with van der Waals surface area (Å²) in [6.45, 7) is 1.79. The largest absolute Gasteiger partial charge is 0.476 e. The number of carbonyl (C=O) groups is 2. The molecule has 3 N–H and O–H groups in total. The summed E-state index contributed by atoms with van der Waals surface area (Å²) in [6.07, 6.45) is 4.38. The number of carbonyl (C=O) groups excluding carboxylic acids is 1. The minimum Gasteiger partial charge on any atom is -0.476 e. The van der Waals surface area contributed by atoms with Gasteiger partial charge in [-0.2, -0.15) is 0 Å². The Labute approximate surface area is 115 Å². The zero-order valence-electron chi connectivity index (χ0n) is 10.7. The van der Waals surface area contributed by atoms with Crippen molar-refractivity contribution in [3.05, 3.63) is 16.1 Å². The summed E-state index contributed by atoms with van der Waals surface area (Å²) in [5.41, 5.74) is 0.0184. The first-order valence-corrected chi connectivity index (χ1v) is 7.20. The second kappa shape index (κ2) is 6.01. The number of rotatable bonds is 4. The highest BCUT2D eigenvalue weighted by Gasteiger charge is 2.20. The Bertz CT molecular complexity index is 469. The van der Waals surface area contributed by atoms with Gasteiger partial charge >= 0.3 is 12.0 Å². The van der Waals surface area contributed by atoms with Crippen LogP contribution in [0.3, 0.4) is 0 Å². The SMILES string of the molecule is CC(NC(=O)NC1CCCC1)c1nc(C(=O)O)cs1. The normalized spacial score (nSPS) is 17.1. The van der Waals surface area contributed by atoms with Crippen LogP contribution in [0.5, 0.6) is 0 Å². The van der Waals surface area contributed by atoms with Crippen LogP contribution in [-0.4, -0.2) is 28.1 Å². The average Bonchev–Trinajstić information content (AvgIpc) is 2.98. The maximum atomic E-state index is 11.8. The first-order chi connectivity index (χ1) is 9.06. The third-order valence-electron chi connectivity index (χ3n) is 3.15. The van der Waals surface area contributed by atoms with E-state index in [4.69, 9.17) is 5.11 Å². The van der Waals surface area contributed by atoms with E-state index >= 15 is 0 Å². The number of thiazole rings is 1. The molecule has 2 rings (SSSR count). The molecule has 1 aromatic rings. The van der Waals surface area contributed by atoms with Crippen molar-refractivity contribution in [2.24, 2.45) is 0 Å². The number of carboxylic acid groups (broad SMARTS) is 1. The van der Waals surface area contributed by atoms with Crippen molar-refractivity contribution >= 4 is 23.3 Å². The molecule has 1 aromatic heterocycles. The molecule has 0 spiro atoms. The van der Waals surface area contributed by atoms with E-state index in [0.29, 0.717) is 5.01 Å². The molecular formula is C12H17N3O3S. The smallest absolute Gasteiger partial charge is 0.355 e. The first kappa shape index (κ1) is 13.8. The Morgan fingerprint density at radius 2 is 2.16 bits per heavy atom. The number of aromatic nitrogens is 1. The summed E-state index contributed by atoms with van der Waals surface area (Å²) >= 11 is 1.24. The number of hydrogen-bond acceptors (Lipinski definition) is 4. The van der Waals surface area contributed by atoms with E-state index in [0.717, 1.165) is 25.7 Å². The van der Waals surface area contributed by atoms with Gasteiger partial charge in [0.2, 0.25) is 0 Å². The van der Waals surface area contributed by atoms with Gasteiger partial charge in [-0.1, -0.05) is 12.8 Å². The number of nitrogens with one attached hydrogen (secondary N) is 2. The summed E-state index contributed by atoms with van der Waals surface area (Å²) in [5, 5.41) is 16.6. The predicted molar refractivity (Wildman–Crippen MR) is 71.4 cm³/mol. The summed E-state index contributed by atoms with van der Waals surface area (Å²) in [6, 6.07) is -0.246. The van der Waals surface area contributed by atoms with Gasteiger partial charge in [-0.25, -0.2) is 14.6 Å². The van der Waals surface area contributed by atoms with Crippen LogP contribution in [0.1, 0.15) is 54.1 Å². The molecule has 6 nitrogen and oxygen atoms in total. The van der Waals surface area contributed by atoms with Crippen LogP contribution in [0.15, 0.2) is 5.38 Å². The van der Waals surface area contributed by atoms with Gasteiger partial charge in [0.05, 0.1) is 6.04 Å². The van der Waals surface area contributed by atoms with Gasteiger partial charge in [0.25, 0.3) is 0 Å². The third-order valence-corrected chi connectivity index (χ3v) is 4.18. The second-order valence-electron chi connectivity index (χ2n) is 4.70. The molecule has 0 aromatic carbocycles. The molecule has 1 aliphatic carbocycles. The van der Waals surface area contributed by atoms with Crippen molar-refractivity contribution in [1.29, 1.82) is 0 Å². The number of aromatic carboxylic acids is 1. The third kappa shape index (κ3) is 3.66. The lowest BCUT2D eigenvalue weighted by molar-refractivity contribution is 0.0691. The van der Waals surface area contributed by atoms with Crippen LogP contribution in [0.25, 0.3) is 0 Å². The first-order valence-electron chi connectivity index (χ1n) is 6.32. The number of amides is 2. The topological polar surface area (TPSA) is 91.3 Å². The van der Waals surface area contributed by atoms with Crippen molar-refractivity contribution < 1.29 is 14.7 Å². The predicted octanol–water partition coefficient (Wildman–Crippen LogP) is 2.14. The van der Waals surface area contributed by atoms with Gasteiger partial charge in [-0.05, 0) is 19.8 Å². The Balaban J connectivity index is 1.86. The molecule has 1 aliphatic rings. The summed E-state index contributed by atoms with van der Waals surface area (Å²) in [7, 11) is 0. The highest BCUT2D eigenvalue weighted by molar-refractivity contribution is 7.09. The number of urea groups is 1. The van der Waals surface area contributed by atoms with Crippen molar-refractivity contribution in [3.63, 3.8) is 0 Å². The molecule has 104 valence electrons. The van der Waals surface area contributed by atoms with Crippen molar-refractivity contribution in [2.45, 2.75) is 44.7 Å². The number of carboxylic acids is 1. The summed E-state index contributed by atoms with van der Waals surface area (Å²) < 4.78 is 0. The highest BCUT2D eigenvalue weighted by atomic mass is 32.1. The fourth-order valence-electron chi connectivity index (χ4n) is 2.14. The fourth-order valence-corrected chi connectivity index (χ4v) is 2.94. The van der Waals surface area contributed by atoms with Gasteiger partial charge in [0.1, 0.15) is 5.01 Å². The lowest BCUT2D eigenvalue weighted by Crippen LogP contribution is -2.41. The van der Waals surface area contributed by atoms with Gasteiger partial charge in [-0.15, -0.1) is 11.3 Å². The summed E-state index contributed by atoms with van der Waals surface area (Å²) in [4.78, 5) is 26.5. The molecule has 0 radical (unpaired) electrons. The van der Waals surface area contributed by atoms with Crippen LogP contribution in [0, 0.1) is 0 Å². The maximum absolute atomic E-state index is 11.8. The maximum Gasteiger partial charge on any atom is 0.355 e. The molecule has 1 unspecified atom stereocenters. The molecule has 7 heteroatoms. The molecule has 2 amide bonds. The standard InChI is InChI=1S/C12H17N3O3S/c1-7(10-15-9(6-19-10)11(16)17)13-12(18)14-8-4-2-3-5-8/h6-8H,2-5H2,1H3,(H,16,17)(H2,13,14,18). The van der Waals surface area contributed by atoms with E-state index in [1.54, 1.807) is 6.92 Å². The zero-order valence-corrected chi connectivity index (χ0v) is 11.5. The Morgan fingerprint density at radius 3 is 2.74 bits per heavy atom. The van der Waals surface area contributed by atoms with Crippen LogP contribution in [-0.2, 0) is 0 Å². The van der Waals surface area contributed by atoms with Crippen LogP contribution >= 0.6 is 11.3 Å². The molecule has 19 heavy (non-hydrogen) atoms. The molecule has 1 fully saturated rings. The van der Waals surface area contributed by atoms with E-state index in [1.807, 2.05) is 0 Å². The van der Waals surface area contributed by atoms with Gasteiger partial charge in [-0.3, -0.25) is 0 Å². The molecular weight excluding hydrogens is 266 g/mol. The zero-order chi connectivity index (χ0) is 13.8. The van der Waals surface area contributed by atoms with Crippen LogP contribution in [0.4, 0.5) is 4.79 Å². The highest BCUT2D eigenvalue weighted by Crippen LogP contribution is 2.19. The van der Waals surface area contributed by atoms with E-state index in [1.165, 1.54) is 16.7 Å². The molecule has 0 aliphatic heterocycles. The number of hydrogen-bond donors (Lipinski definition) is 3. The van der Waals surface area contributed by atoms with E-state index in [9.17, 15) is 9.59 Å². The second-order valence-corrected chi connectivity index (χ2v) is 5.59. The molecule has 1 atom stereocenters. The Hall–Kier alpha value is -1.63. The molecule has 0 saturated heterocycles. The minimum atomic E-state index is -1.05. The van der Waals surface area contributed by atoms with Gasteiger partial charge < -0.3 is 15.7 Å². The fraction of sp³-hybridized carbons (Fsp3) is 0.583. The number of nitrogens with zero attached hydrogens (tertiary/aromatic N) is 1. The minimum absolute atomic E-state index is 0.0184. The average molecular weight is 283 g/mol. The molecule has 1 saturated carbocycles. The Kier molecular flexibility index (Phi) is 4.36. The van der Waals surface area contributed by atoms with E-state index in [2.05, 4.69) is 15.6 Å². The monoisotopic (exact) mass is 283 g/mol. The van der Waals surface area contributed by atoms with Gasteiger partial charge in [0.15, 0.2) is 5.69 Å². The van der Waals surface area contributed by atoms with Crippen LogP contribution < -0.4 is 10.6 Å². The van der Waals surface area contributed by atoms with Crippen LogP contribution in [0.2, 0.25) is 0 Å².